The molecule has 2 fully saturated rings. The maximum Gasteiger partial charge on any atom is 0.330 e. The van der Waals surface area contributed by atoms with Crippen LogP contribution in [0.1, 0.15) is 0 Å². The zero-order valence-corrected chi connectivity index (χ0v) is 22.4. The standard InChI is InChI=1S/C22H26O4S6/c1-3-19(23)25-9-15-11-29-21(31-15)13-27-17-7-5-6-8-18(17)28-14-22-30-12-16(32-22)10-26-20(24)4-2/h3-8,15-16,21-22H,1-2,9-14H2. The fourth-order valence-electron chi connectivity index (χ4n) is 2.84. The summed E-state index contributed by atoms with van der Waals surface area (Å²) in [6.07, 6.45) is 2.43. The van der Waals surface area contributed by atoms with E-state index in [9.17, 15) is 9.59 Å². The van der Waals surface area contributed by atoms with Crippen LogP contribution in [0.3, 0.4) is 0 Å². The molecule has 2 saturated heterocycles. The molecule has 3 rings (SSSR count). The van der Waals surface area contributed by atoms with Crippen molar-refractivity contribution in [3.8, 4) is 0 Å². The highest BCUT2D eigenvalue weighted by molar-refractivity contribution is 8.22. The van der Waals surface area contributed by atoms with Gasteiger partial charge in [0.2, 0.25) is 0 Å². The molecule has 0 bridgehead atoms. The Bertz CT molecular complexity index is 739. The zero-order chi connectivity index (χ0) is 22.8. The molecule has 2 aliphatic heterocycles. The van der Waals surface area contributed by atoms with Gasteiger partial charge >= 0.3 is 11.9 Å². The molecule has 0 saturated carbocycles. The third-order valence-electron chi connectivity index (χ3n) is 4.38. The van der Waals surface area contributed by atoms with Gasteiger partial charge in [0.05, 0.1) is 9.16 Å². The molecule has 2 aliphatic rings. The molecule has 174 valence electrons. The predicted octanol–water partition coefficient (Wildman–Crippen LogP) is 5.68. The highest BCUT2D eigenvalue weighted by atomic mass is 32.2. The summed E-state index contributed by atoms with van der Waals surface area (Å²) in [4.78, 5) is 25.2. The van der Waals surface area contributed by atoms with Crippen LogP contribution in [0.15, 0.2) is 59.4 Å². The Morgan fingerprint density at radius 1 is 0.875 bits per heavy atom. The summed E-state index contributed by atoms with van der Waals surface area (Å²) in [5.41, 5.74) is 0. The predicted molar refractivity (Wildman–Crippen MR) is 145 cm³/mol. The van der Waals surface area contributed by atoms with E-state index in [0.29, 0.717) is 32.9 Å². The normalized spacial score (nSPS) is 24.8. The van der Waals surface area contributed by atoms with Gasteiger partial charge in [-0.05, 0) is 12.1 Å². The van der Waals surface area contributed by atoms with Gasteiger partial charge in [0.25, 0.3) is 0 Å². The van der Waals surface area contributed by atoms with Gasteiger partial charge in [-0.25, -0.2) is 9.59 Å². The van der Waals surface area contributed by atoms with Gasteiger partial charge in [-0.2, -0.15) is 0 Å². The lowest BCUT2D eigenvalue weighted by Gasteiger charge is -2.14. The number of thioether (sulfide) groups is 6. The lowest BCUT2D eigenvalue weighted by Crippen LogP contribution is -2.14. The molecule has 1 aromatic carbocycles. The maximum atomic E-state index is 11.3. The molecule has 4 unspecified atom stereocenters. The van der Waals surface area contributed by atoms with Crippen molar-refractivity contribution >= 4 is 82.5 Å². The first-order chi connectivity index (χ1) is 15.6. The minimum Gasteiger partial charge on any atom is -0.461 e. The Hall–Kier alpha value is -0.260. The Kier molecular flexibility index (Phi) is 11.7. The van der Waals surface area contributed by atoms with Gasteiger partial charge in [-0.15, -0.1) is 70.6 Å². The third-order valence-corrected chi connectivity index (χ3v) is 14.2. The van der Waals surface area contributed by atoms with E-state index in [2.05, 4.69) is 37.4 Å². The van der Waals surface area contributed by atoms with Crippen LogP contribution in [0.4, 0.5) is 0 Å². The molecule has 1 aromatic rings. The molecule has 0 aliphatic carbocycles. The monoisotopic (exact) mass is 546 g/mol. The van der Waals surface area contributed by atoms with E-state index in [1.54, 1.807) is 0 Å². The zero-order valence-electron chi connectivity index (χ0n) is 17.5. The second kappa shape index (κ2) is 14.2. The molecule has 10 heteroatoms. The van der Waals surface area contributed by atoms with E-state index in [4.69, 9.17) is 9.47 Å². The molecule has 2 heterocycles. The lowest BCUT2D eigenvalue weighted by atomic mass is 10.4. The molecule has 0 N–H and O–H groups in total. The average Bonchev–Trinajstić information content (AvgIpc) is 3.48. The van der Waals surface area contributed by atoms with Crippen molar-refractivity contribution in [1.29, 1.82) is 0 Å². The first-order valence-electron chi connectivity index (χ1n) is 10.0. The van der Waals surface area contributed by atoms with Gasteiger partial charge in [0, 0.05) is 55.5 Å². The molecule has 0 aromatic heterocycles. The van der Waals surface area contributed by atoms with Gasteiger partial charge in [0.1, 0.15) is 13.2 Å². The van der Waals surface area contributed by atoms with E-state index >= 15 is 0 Å². The highest BCUT2D eigenvalue weighted by Crippen LogP contribution is 2.44. The number of benzene rings is 1. The molecule has 4 atom stereocenters. The Morgan fingerprint density at radius 2 is 1.31 bits per heavy atom. The molecule has 0 spiro atoms. The van der Waals surface area contributed by atoms with E-state index in [1.807, 2.05) is 70.6 Å². The minimum atomic E-state index is -0.345. The number of esters is 2. The van der Waals surface area contributed by atoms with Crippen LogP contribution in [-0.2, 0) is 19.1 Å². The Balaban J connectivity index is 1.39. The summed E-state index contributed by atoms with van der Waals surface area (Å²) in [7, 11) is 0. The summed E-state index contributed by atoms with van der Waals surface area (Å²) in [5, 5.41) is 0.712. The van der Waals surface area contributed by atoms with Crippen LogP contribution in [-0.4, -0.2) is 67.8 Å². The highest BCUT2D eigenvalue weighted by Gasteiger charge is 2.28. The van der Waals surface area contributed by atoms with Crippen molar-refractivity contribution in [3.63, 3.8) is 0 Å². The van der Waals surface area contributed by atoms with Crippen molar-refractivity contribution in [1.82, 2.24) is 0 Å². The first kappa shape index (κ1) is 26.3. The van der Waals surface area contributed by atoms with Crippen LogP contribution in [0.5, 0.6) is 0 Å². The summed E-state index contributed by atoms with van der Waals surface area (Å²) >= 11 is 11.5. The maximum absolute atomic E-state index is 11.3. The van der Waals surface area contributed by atoms with Crippen LogP contribution < -0.4 is 0 Å². The molecule has 4 nitrogen and oxygen atoms in total. The Morgan fingerprint density at radius 3 is 1.72 bits per heavy atom. The second-order valence-electron chi connectivity index (χ2n) is 6.78. The van der Waals surface area contributed by atoms with Crippen LogP contribution in [0, 0.1) is 0 Å². The topological polar surface area (TPSA) is 52.6 Å². The summed E-state index contributed by atoms with van der Waals surface area (Å²) in [6.45, 7) is 7.79. The largest absolute Gasteiger partial charge is 0.461 e. The fourth-order valence-corrected chi connectivity index (χ4v) is 12.2. The van der Waals surface area contributed by atoms with Crippen molar-refractivity contribution < 1.29 is 19.1 Å². The van der Waals surface area contributed by atoms with Crippen molar-refractivity contribution in [2.45, 2.75) is 29.5 Å². The second-order valence-corrected chi connectivity index (χ2v) is 15.0. The van der Waals surface area contributed by atoms with E-state index < -0.39 is 0 Å². The van der Waals surface area contributed by atoms with E-state index in [1.165, 1.54) is 21.9 Å². The molecule has 0 radical (unpaired) electrons. The molecule has 0 amide bonds. The number of rotatable bonds is 12. The summed E-state index contributed by atoms with van der Waals surface area (Å²) < 4.78 is 11.4. The molecular formula is C22H26O4S6. The summed E-state index contributed by atoms with van der Waals surface area (Å²) in [5.74, 6) is 3.39. The Labute approximate surface area is 215 Å². The van der Waals surface area contributed by atoms with Crippen molar-refractivity contribution in [3.05, 3.63) is 49.6 Å². The fraction of sp³-hybridized carbons (Fsp3) is 0.455. The third kappa shape index (κ3) is 8.83. The quantitative estimate of drug-likeness (QED) is 0.186. The molecular weight excluding hydrogens is 521 g/mol. The van der Waals surface area contributed by atoms with Crippen molar-refractivity contribution in [2.75, 3.05) is 36.2 Å². The van der Waals surface area contributed by atoms with E-state index in [-0.39, 0.29) is 11.9 Å². The first-order valence-corrected chi connectivity index (χ1v) is 16.0. The molecule has 32 heavy (non-hydrogen) atoms. The van der Waals surface area contributed by atoms with Gasteiger partial charge in [-0.3, -0.25) is 0 Å². The van der Waals surface area contributed by atoms with E-state index in [0.717, 1.165) is 23.0 Å². The number of ether oxygens (including phenoxy) is 2. The number of carbonyl (C=O) groups excluding carboxylic acids is 2. The number of hydrogen-bond donors (Lipinski definition) is 0. The SMILES string of the molecule is C=CC(=O)OCC1CSC(CSc2ccccc2SCC2SCC(COC(=O)C=C)S2)S1. The van der Waals surface area contributed by atoms with Crippen LogP contribution >= 0.6 is 70.6 Å². The van der Waals surface area contributed by atoms with Crippen LogP contribution in [0.25, 0.3) is 0 Å². The average molecular weight is 547 g/mol. The minimum absolute atomic E-state index is 0.345. The van der Waals surface area contributed by atoms with Crippen LogP contribution in [0.2, 0.25) is 0 Å². The van der Waals surface area contributed by atoms with Gasteiger partial charge < -0.3 is 9.47 Å². The summed E-state index contributed by atoms with van der Waals surface area (Å²) in [6, 6.07) is 8.60. The number of hydrogen-bond acceptors (Lipinski definition) is 10. The number of carbonyl (C=O) groups is 2. The van der Waals surface area contributed by atoms with Gasteiger partial charge in [-0.1, -0.05) is 25.3 Å². The smallest absolute Gasteiger partial charge is 0.330 e. The van der Waals surface area contributed by atoms with Gasteiger partial charge in [0.15, 0.2) is 0 Å². The lowest BCUT2D eigenvalue weighted by molar-refractivity contribution is -0.138. The van der Waals surface area contributed by atoms with Crippen molar-refractivity contribution in [2.24, 2.45) is 0 Å².